The van der Waals surface area contributed by atoms with E-state index in [1.54, 1.807) is 0 Å². The smallest absolute Gasteiger partial charge is 0.224 e. The van der Waals surface area contributed by atoms with E-state index in [0.717, 1.165) is 42.9 Å². The van der Waals surface area contributed by atoms with E-state index >= 15 is 0 Å². The zero-order valence-electron chi connectivity index (χ0n) is 13.4. The third-order valence-corrected chi connectivity index (χ3v) is 4.33. The maximum atomic E-state index is 11.5. The number of nitrogen functional groups attached to an aromatic ring is 1. The molecule has 1 aliphatic rings. The van der Waals surface area contributed by atoms with Crippen LogP contribution in [0.25, 0.3) is 0 Å². The van der Waals surface area contributed by atoms with Crippen LogP contribution in [0.15, 0.2) is 12.1 Å². The SMILES string of the molecule is CCCCN(c1cc2c(cc1N)NC(=O)CC2)C(C)CC. The van der Waals surface area contributed by atoms with E-state index < -0.39 is 0 Å². The summed E-state index contributed by atoms with van der Waals surface area (Å²) < 4.78 is 0. The van der Waals surface area contributed by atoms with Crippen molar-refractivity contribution in [3.63, 3.8) is 0 Å². The second kappa shape index (κ2) is 6.83. The van der Waals surface area contributed by atoms with Crippen LogP contribution in [0, 0.1) is 0 Å². The van der Waals surface area contributed by atoms with Crippen LogP contribution in [-0.4, -0.2) is 18.5 Å². The summed E-state index contributed by atoms with van der Waals surface area (Å²) in [5.41, 5.74) is 10.2. The number of nitrogens with two attached hydrogens (primary N) is 1. The zero-order valence-corrected chi connectivity index (χ0v) is 13.4. The summed E-state index contributed by atoms with van der Waals surface area (Å²) in [6, 6.07) is 4.56. The molecule has 21 heavy (non-hydrogen) atoms. The molecule has 1 aromatic carbocycles. The van der Waals surface area contributed by atoms with E-state index in [4.69, 9.17) is 5.73 Å². The minimum atomic E-state index is 0.0828. The van der Waals surface area contributed by atoms with Crippen molar-refractivity contribution in [3.8, 4) is 0 Å². The first kappa shape index (κ1) is 15.7. The van der Waals surface area contributed by atoms with Gasteiger partial charge in [-0.05, 0) is 43.9 Å². The quantitative estimate of drug-likeness (QED) is 0.787. The van der Waals surface area contributed by atoms with E-state index in [0.29, 0.717) is 12.5 Å². The maximum absolute atomic E-state index is 11.5. The first-order valence-electron chi connectivity index (χ1n) is 8.05. The van der Waals surface area contributed by atoms with Crippen molar-refractivity contribution in [1.29, 1.82) is 0 Å². The van der Waals surface area contributed by atoms with Gasteiger partial charge in [-0.25, -0.2) is 0 Å². The number of fused-ring (bicyclic) bond motifs is 1. The molecule has 4 nitrogen and oxygen atoms in total. The van der Waals surface area contributed by atoms with Crippen molar-refractivity contribution in [1.82, 2.24) is 0 Å². The van der Waals surface area contributed by atoms with Gasteiger partial charge >= 0.3 is 0 Å². The Morgan fingerprint density at radius 1 is 1.33 bits per heavy atom. The van der Waals surface area contributed by atoms with Crippen LogP contribution in [0.3, 0.4) is 0 Å². The first-order chi connectivity index (χ1) is 10.1. The van der Waals surface area contributed by atoms with Gasteiger partial charge in [0.15, 0.2) is 0 Å². The number of anilines is 3. The van der Waals surface area contributed by atoms with Crippen LogP contribution in [-0.2, 0) is 11.2 Å². The Morgan fingerprint density at radius 3 is 2.76 bits per heavy atom. The highest BCUT2D eigenvalue weighted by Crippen LogP contribution is 2.34. The molecule has 0 saturated heterocycles. The number of unbranched alkanes of at least 4 members (excludes halogenated alkanes) is 1. The van der Waals surface area contributed by atoms with Crippen LogP contribution < -0.4 is 16.0 Å². The van der Waals surface area contributed by atoms with Gasteiger partial charge in [0, 0.05) is 24.7 Å². The molecule has 0 saturated carbocycles. The van der Waals surface area contributed by atoms with Crippen LogP contribution in [0.2, 0.25) is 0 Å². The number of carbonyl (C=O) groups excluding carboxylic acids is 1. The van der Waals surface area contributed by atoms with Crippen LogP contribution in [0.1, 0.15) is 52.0 Å². The number of benzene rings is 1. The molecule has 0 aliphatic carbocycles. The highest BCUT2D eigenvalue weighted by atomic mass is 16.1. The molecule has 1 atom stereocenters. The minimum Gasteiger partial charge on any atom is -0.397 e. The lowest BCUT2D eigenvalue weighted by Gasteiger charge is -2.33. The number of nitrogens with one attached hydrogen (secondary N) is 1. The Bertz CT molecular complexity index is 513. The molecule has 116 valence electrons. The fraction of sp³-hybridized carbons (Fsp3) is 0.588. The zero-order chi connectivity index (χ0) is 15.4. The summed E-state index contributed by atoms with van der Waals surface area (Å²) >= 11 is 0. The second-order valence-electron chi connectivity index (χ2n) is 5.92. The van der Waals surface area contributed by atoms with E-state index in [2.05, 4.69) is 37.1 Å². The first-order valence-corrected chi connectivity index (χ1v) is 8.05. The Hall–Kier alpha value is -1.71. The van der Waals surface area contributed by atoms with Crippen LogP contribution >= 0.6 is 0 Å². The van der Waals surface area contributed by atoms with Gasteiger partial charge in [-0.15, -0.1) is 0 Å². The highest BCUT2D eigenvalue weighted by Gasteiger charge is 2.20. The van der Waals surface area contributed by atoms with Gasteiger partial charge < -0.3 is 16.0 Å². The van der Waals surface area contributed by atoms with Gasteiger partial charge in [0.05, 0.1) is 11.4 Å². The topological polar surface area (TPSA) is 58.4 Å². The van der Waals surface area contributed by atoms with Crippen molar-refractivity contribution in [2.24, 2.45) is 0 Å². The van der Waals surface area contributed by atoms with Crippen LogP contribution in [0.5, 0.6) is 0 Å². The van der Waals surface area contributed by atoms with Gasteiger partial charge in [-0.3, -0.25) is 4.79 Å². The number of aryl methyl sites for hydroxylation is 1. The summed E-state index contributed by atoms with van der Waals surface area (Å²) in [5.74, 6) is 0.0828. The van der Waals surface area contributed by atoms with Crippen molar-refractivity contribution < 1.29 is 4.79 Å². The fourth-order valence-corrected chi connectivity index (χ4v) is 2.81. The average molecular weight is 289 g/mol. The van der Waals surface area contributed by atoms with E-state index in [9.17, 15) is 4.79 Å². The van der Waals surface area contributed by atoms with Crippen molar-refractivity contribution in [3.05, 3.63) is 17.7 Å². The normalized spacial score (nSPS) is 15.3. The lowest BCUT2D eigenvalue weighted by atomic mass is 10.00. The van der Waals surface area contributed by atoms with Gasteiger partial charge in [0.1, 0.15) is 0 Å². The lowest BCUT2D eigenvalue weighted by molar-refractivity contribution is -0.116. The number of hydrogen-bond acceptors (Lipinski definition) is 3. The molecule has 0 aromatic heterocycles. The summed E-state index contributed by atoms with van der Waals surface area (Å²) in [4.78, 5) is 13.9. The molecule has 1 aliphatic heterocycles. The minimum absolute atomic E-state index is 0.0828. The monoisotopic (exact) mass is 289 g/mol. The molecular weight excluding hydrogens is 262 g/mol. The van der Waals surface area contributed by atoms with E-state index in [1.807, 2.05) is 6.07 Å². The third-order valence-electron chi connectivity index (χ3n) is 4.33. The van der Waals surface area contributed by atoms with Crippen LogP contribution in [0.4, 0.5) is 17.1 Å². The summed E-state index contributed by atoms with van der Waals surface area (Å²) in [7, 11) is 0. The van der Waals surface area contributed by atoms with Gasteiger partial charge in [0.25, 0.3) is 0 Å². The Kier molecular flexibility index (Phi) is 5.10. The van der Waals surface area contributed by atoms with E-state index in [1.165, 1.54) is 12.0 Å². The molecule has 0 fully saturated rings. The largest absolute Gasteiger partial charge is 0.397 e. The fourth-order valence-electron chi connectivity index (χ4n) is 2.81. The molecule has 2 rings (SSSR count). The number of rotatable bonds is 6. The van der Waals surface area contributed by atoms with Gasteiger partial charge in [-0.2, -0.15) is 0 Å². The molecule has 1 heterocycles. The average Bonchev–Trinajstić information content (AvgIpc) is 2.47. The number of amides is 1. The lowest BCUT2D eigenvalue weighted by Crippen LogP contribution is -2.34. The van der Waals surface area contributed by atoms with Crippen molar-refractivity contribution in [2.45, 2.75) is 58.9 Å². The highest BCUT2D eigenvalue weighted by molar-refractivity contribution is 5.95. The molecule has 4 heteroatoms. The molecule has 1 unspecified atom stereocenters. The predicted octanol–water partition coefficient (Wildman–Crippen LogP) is 3.56. The Balaban J connectivity index is 2.34. The Morgan fingerprint density at radius 2 is 2.10 bits per heavy atom. The summed E-state index contributed by atoms with van der Waals surface area (Å²) in [5, 5.41) is 2.92. The van der Waals surface area contributed by atoms with Crippen molar-refractivity contribution in [2.75, 3.05) is 22.5 Å². The van der Waals surface area contributed by atoms with E-state index in [-0.39, 0.29) is 5.91 Å². The molecule has 0 spiro atoms. The molecule has 1 amide bonds. The standard InChI is InChI=1S/C17H27N3O/c1-4-6-9-20(12(3)5-2)16-10-13-7-8-17(21)19-15(13)11-14(16)18/h10-12H,4-9,18H2,1-3H3,(H,19,21). The summed E-state index contributed by atoms with van der Waals surface area (Å²) in [6.07, 6.45) is 4.80. The second-order valence-corrected chi connectivity index (χ2v) is 5.92. The van der Waals surface area contributed by atoms with Gasteiger partial charge in [-0.1, -0.05) is 20.3 Å². The molecule has 1 aromatic rings. The molecule has 3 N–H and O–H groups in total. The third kappa shape index (κ3) is 3.49. The van der Waals surface area contributed by atoms with Gasteiger partial charge in [0.2, 0.25) is 5.91 Å². The molecule has 0 radical (unpaired) electrons. The summed E-state index contributed by atoms with van der Waals surface area (Å²) in [6.45, 7) is 7.69. The Labute approximate surface area is 127 Å². The molecular formula is C17H27N3O. The number of nitrogens with zero attached hydrogens (tertiary/aromatic N) is 1. The maximum Gasteiger partial charge on any atom is 0.224 e. The number of hydrogen-bond donors (Lipinski definition) is 2. The predicted molar refractivity (Wildman–Crippen MR) is 89.8 cm³/mol. The number of carbonyl (C=O) groups is 1. The van der Waals surface area contributed by atoms with Crippen molar-refractivity contribution >= 4 is 23.0 Å². The molecule has 0 bridgehead atoms.